The highest BCUT2D eigenvalue weighted by Crippen LogP contribution is 2.33. The summed E-state index contributed by atoms with van der Waals surface area (Å²) in [7, 11) is 1.77. The van der Waals surface area contributed by atoms with Gasteiger partial charge in [-0.1, -0.05) is 26.0 Å². The number of aromatic nitrogens is 2. The van der Waals surface area contributed by atoms with Gasteiger partial charge < -0.3 is 10.5 Å². The van der Waals surface area contributed by atoms with E-state index in [0.29, 0.717) is 22.9 Å². The van der Waals surface area contributed by atoms with Gasteiger partial charge in [0.2, 0.25) is 5.88 Å². The maximum absolute atomic E-state index is 9.04. The number of nitrogens with zero attached hydrogens (tertiary/aromatic N) is 3. The minimum Gasteiger partial charge on any atom is -0.436 e. The lowest BCUT2D eigenvalue weighted by Gasteiger charge is -2.08. The molecule has 5 nitrogen and oxygen atoms in total. The summed E-state index contributed by atoms with van der Waals surface area (Å²) in [6.07, 6.45) is 0. The number of aryl methyl sites for hydroxylation is 1. The van der Waals surface area contributed by atoms with Crippen molar-refractivity contribution in [2.45, 2.75) is 19.8 Å². The van der Waals surface area contributed by atoms with Crippen molar-refractivity contribution in [2.24, 2.45) is 7.05 Å². The van der Waals surface area contributed by atoms with Crippen LogP contribution in [0.5, 0.6) is 11.6 Å². The van der Waals surface area contributed by atoms with Crippen LogP contribution in [0.15, 0.2) is 24.3 Å². The van der Waals surface area contributed by atoms with Crippen molar-refractivity contribution in [1.29, 1.82) is 5.26 Å². The molecule has 5 heteroatoms. The van der Waals surface area contributed by atoms with E-state index in [-0.39, 0.29) is 5.92 Å². The van der Waals surface area contributed by atoms with Gasteiger partial charge in [-0.3, -0.25) is 0 Å². The van der Waals surface area contributed by atoms with Gasteiger partial charge in [0.25, 0.3) is 0 Å². The van der Waals surface area contributed by atoms with Gasteiger partial charge in [-0.15, -0.1) is 0 Å². The lowest BCUT2D eigenvalue weighted by molar-refractivity contribution is 0.431. The molecule has 1 aromatic heterocycles. The van der Waals surface area contributed by atoms with Crippen LogP contribution >= 0.6 is 0 Å². The second-order valence-corrected chi connectivity index (χ2v) is 4.59. The first-order chi connectivity index (χ1) is 9.04. The zero-order valence-corrected chi connectivity index (χ0v) is 11.2. The van der Waals surface area contributed by atoms with E-state index in [1.165, 1.54) is 0 Å². The van der Waals surface area contributed by atoms with Crippen molar-refractivity contribution < 1.29 is 4.74 Å². The van der Waals surface area contributed by atoms with E-state index in [4.69, 9.17) is 15.7 Å². The van der Waals surface area contributed by atoms with E-state index in [9.17, 15) is 0 Å². The maximum Gasteiger partial charge on any atom is 0.241 e. The molecule has 1 heterocycles. The van der Waals surface area contributed by atoms with Gasteiger partial charge in [-0.25, -0.2) is 4.68 Å². The zero-order chi connectivity index (χ0) is 14.0. The highest BCUT2D eigenvalue weighted by atomic mass is 16.5. The van der Waals surface area contributed by atoms with Crippen molar-refractivity contribution in [3.8, 4) is 17.7 Å². The fourth-order valence-corrected chi connectivity index (χ4v) is 1.84. The first-order valence-corrected chi connectivity index (χ1v) is 6.04. The molecule has 1 aromatic carbocycles. The number of para-hydroxylation sites is 1. The van der Waals surface area contributed by atoms with Gasteiger partial charge in [0.05, 0.1) is 11.3 Å². The number of hydrogen-bond acceptors (Lipinski definition) is 4. The SMILES string of the molecule is CC(C)c1nn(C)c(Oc2ccccc2C#N)c1N. The summed E-state index contributed by atoms with van der Waals surface area (Å²) in [5.74, 6) is 1.16. The first-order valence-electron chi connectivity index (χ1n) is 6.04. The maximum atomic E-state index is 9.04. The molecule has 0 fully saturated rings. The van der Waals surface area contributed by atoms with E-state index in [1.807, 2.05) is 19.9 Å². The van der Waals surface area contributed by atoms with Crippen molar-refractivity contribution in [3.63, 3.8) is 0 Å². The van der Waals surface area contributed by atoms with Crippen LogP contribution in [0.1, 0.15) is 31.0 Å². The van der Waals surface area contributed by atoms with E-state index in [0.717, 1.165) is 5.69 Å². The van der Waals surface area contributed by atoms with Crippen molar-refractivity contribution in [1.82, 2.24) is 9.78 Å². The molecule has 2 aromatic rings. The summed E-state index contributed by atoms with van der Waals surface area (Å²) in [5, 5.41) is 13.4. The fraction of sp³-hybridized carbons (Fsp3) is 0.286. The second kappa shape index (κ2) is 5.02. The minimum absolute atomic E-state index is 0.217. The van der Waals surface area contributed by atoms with Crippen LogP contribution in [0.3, 0.4) is 0 Å². The van der Waals surface area contributed by atoms with Crippen LogP contribution in [0.25, 0.3) is 0 Å². The Kier molecular flexibility index (Phi) is 3.43. The van der Waals surface area contributed by atoms with Gasteiger partial charge in [-0.05, 0) is 18.1 Å². The van der Waals surface area contributed by atoms with Crippen LogP contribution in [0.4, 0.5) is 5.69 Å². The molecule has 0 unspecified atom stereocenters. The third kappa shape index (κ3) is 2.38. The molecule has 0 spiro atoms. The third-order valence-corrected chi connectivity index (χ3v) is 2.82. The monoisotopic (exact) mass is 256 g/mol. The van der Waals surface area contributed by atoms with Gasteiger partial charge >= 0.3 is 0 Å². The molecule has 0 saturated carbocycles. The predicted octanol–water partition coefficient (Wildman–Crippen LogP) is 2.79. The van der Waals surface area contributed by atoms with Crippen LogP contribution in [0.2, 0.25) is 0 Å². The van der Waals surface area contributed by atoms with E-state index >= 15 is 0 Å². The third-order valence-electron chi connectivity index (χ3n) is 2.82. The Labute approximate surface area is 112 Å². The molecule has 2 N–H and O–H groups in total. The lowest BCUT2D eigenvalue weighted by atomic mass is 10.1. The number of hydrogen-bond donors (Lipinski definition) is 1. The molecule has 0 saturated heterocycles. The molecule has 0 radical (unpaired) electrons. The van der Waals surface area contributed by atoms with Crippen LogP contribution in [-0.4, -0.2) is 9.78 Å². The topological polar surface area (TPSA) is 76.9 Å². The van der Waals surface area contributed by atoms with E-state index in [1.54, 1.807) is 29.9 Å². The Morgan fingerprint density at radius 3 is 2.63 bits per heavy atom. The number of nitriles is 1. The quantitative estimate of drug-likeness (QED) is 0.916. The summed E-state index contributed by atoms with van der Waals surface area (Å²) in [4.78, 5) is 0. The van der Waals surface area contributed by atoms with Crippen LogP contribution < -0.4 is 10.5 Å². The summed E-state index contributed by atoms with van der Waals surface area (Å²) in [6.45, 7) is 4.04. The van der Waals surface area contributed by atoms with Gasteiger partial charge in [0, 0.05) is 7.05 Å². The fourth-order valence-electron chi connectivity index (χ4n) is 1.84. The highest BCUT2D eigenvalue weighted by molar-refractivity contribution is 5.56. The predicted molar refractivity (Wildman–Crippen MR) is 72.9 cm³/mol. The molecular weight excluding hydrogens is 240 g/mol. The Morgan fingerprint density at radius 1 is 1.37 bits per heavy atom. The summed E-state index contributed by atoms with van der Waals surface area (Å²) < 4.78 is 7.34. The Bertz CT molecular complexity index is 637. The molecule has 0 aliphatic rings. The number of rotatable bonds is 3. The molecule has 0 bridgehead atoms. The molecule has 2 rings (SSSR count). The highest BCUT2D eigenvalue weighted by Gasteiger charge is 2.18. The van der Waals surface area contributed by atoms with Gasteiger partial charge in [0.15, 0.2) is 0 Å². The lowest BCUT2D eigenvalue weighted by Crippen LogP contribution is -1.98. The van der Waals surface area contributed by atoms with Crippen LogP contribution in [-0.2, 0) is 7.05 Å². The van der Waals surface area contributed by atoms with Crippen molar-refractivity contribution in [3.05, 3.63) is 35.5 Å². The van der Waals surface area contributed by atoms with Gasteiger partial charge in [-0.2, -0.15) is 10.4 Å². The van der Waals surface area contributed by atoms with Crippen molar-refractivity contribution >= 4 is 5.69 Å². The van der Waals surface area contributed by atoms with Gasteiger partial charge in [0.1, 0.15) is 17.5 Å². The number of nitrogens with two attached hydrogens (primary N) is 1. The van der Waals surface area contributed by atoms with E-state index < -0.39 is 0 Å². The summed E-state index contributed by atoms with van der Waals surface area (Å²) in [6, 6.07) is 9.13. The van der Waals surface area contributed by atoms with Crippen molar-refractivity contribution in [2.75, 3.05) is 5.73 Å². The number of nitrogen functional groups attached to an aromatic ring is 1. The second-order valence-electron chi connectivity index (χ2n) is 4.59. The molecule has 0 aliphatic carbocycles. The number of ether oxygens (including phenoxy) is 1. The molecule has 19 heavy (non-hydrogen) atoms. The largest absolute Gasteiger partial charge is 0.436 e. The average molecular weight is 256 g/mol. The first kappa shape index (κ1) is 13.0. The smallest absolute Gasteiger partial charge is 0.241 e. The average Bonchev–Trinajstić information content (AvgIpc) is 2.67. The van der Waals surface area contributed by atoms with E-state index in [2.05, 4.69) is 11.2 Å². The van der Waals surface area contributed by atoms with Crippen LogP contribution in [0, 0.1) is 11.3 Å². The zero-order valence-electron chi connectivity index (χ0n) is 11.2. The Balaban J connectivity index is 2.42. The molecule has 0 aliphatic heterocycles. The Hall–Kier alpha value is -2.48. The standard InChI is InChI=1S/C14H16N4O/c1-9(2)13-12(16)14(18(3)17-13)19-11-7-5-4-6-10(11)8-15/h4-7,9H,16H2,1-3H3. The normalized spacial score (nSPS) is 10.5. The minimum atomic E-state index is 0.217. The molecule has 0 amide bonds. The summed E-state index contributed by atoms with van der Waals surface area (Å²) in [5.41, 5.74) is 7.84. The Morgan fingerprint density at radius 2 is 2.05 bits per heavy atom. The molecule has 98 valence electrons. The molecular formula is C14H16N4O. The number of benzene rings is 1. The number of anilines is 1. The molecule has 0 atom stereocenters. The summed E-state index contributed by atoms with van der Waals surface area (Å²) >= 11 is 0.